The van der Waals surface area contributed by atoms with Gasteiger partial charge in [0.2, 0.25) is 5.95 Å². The average molecular weight is 247 g/mol. The number of rotatable bonds is 3. The summed E-state index contributed by atoms with van der Waals surface area (Å²) in [5.74, 6) is -1.63. The molecule has 1 aliphatic carbocycles. The third-order valence-corrected chi connectivity index (χ3v) is 2.52. The molecule has 5 nitrogen and oxygen atoms in total. The second-order valence-corrected chi connectivity index (χ2v) is 3.78. The SMILES string of the molecule is O=C(O)c1ccnc(NC2(C(F)(F)F)CC2)n1. The van der Waals surface area contributed by atoms with Crippen LogP contribution in [0.1, 0.15) is 23.3 Å². The van der Waals surface area contributed by atoms with E-state index in [1.54, 1.807) is 0 Å². The number of aromatic nitrogens is 2. The number of nitrogens with zero attached hydrogens (tertiary/aromatic N) is 2. The van der Waals surface area contributed by atoms with Crippen LogP contribution in [0.15, 0.2) is 12.3 Å². The Labute approximate surface area is 93.7 Å². The third kappa shape index (κ3) is 2.15. The van der Waals surface area contributed by atoms with Crippen LogP contribution < -0.4 is 5.32 Å². The Hall–Kier alpha value is -1.86. The first-order valence-electron chi connectivity index (χ1n) is 4.75. The zero-order valence-corrected chi connectivity index (χ0v) is 8.45. The van der Waals surface area contributed by atoms with Crippen molar-refractivity contribution in [1.29, 1.82) is 0 Å². The van der Waals surface area contributed by atoms with Crippen LogP contribution >= 0.6 is 0 Å². The normalized spacial score (nSPS) is 17.6. The van der Waals surface area contributed by atoms with Crippen molar-refractivity contribution in [3.8, 4) is 0 Å². The van der Waals surface area contributed by atoms with Crippen molar-refractivity contribution in [2.75, 3.05) is 5.32 Å². The summed E-state index contributed by atoms with van der Waals surface area (Å²) in [7, 11) is 0. The summed E-state index contributed by atoms with van der Waals surface area (Å²) < 4.78 is 37.8. The second-order valence-electron chi connectivity index (χ2n) is 3.78. The first-order chi connectivity index (χ1) is 7.84. The van der Waals surface area contributed by atoms with Crippen molar-refractivity contribution in [1.82, 2.24) is 9.97 Å². The monoisotopic (exact) mass is 247 g/mol. The summed E-state index contributed by atoms with van der Waals surface area (Å²) in [6, 6.07) is 1.11. The summed E-state index contributed by atoms with van der Waals surface area (Å²) in [6.45, 7) is 0. The third-order valence-electron chi connectivity index (χ3n) is 2.52. The standard InChI is InChI=1S/C9H8F3N3O2/c10-9(11,12)8(2-3-8)15-7-13-4-1-5(14-7)6(16)17/h1,4H,2-3H2,(H,16,17)(H,13,14,15). The Morgan fingerprint density at radius 2 is 2.12 bits per heavy atom. The molecule has 0 radical (unpaired) electrons. The molecule has 2 N–H and O–H groups in total. The van der Waals surface area contributed by atoms with Crippen molar-refractivity contribution < 1.29 is 23.1 Å². The maximum absolute atomic E-state index is 12.6. The lowest BCUT2D eigenvalue weighted by Crippen LogP contribution is -2.39. The fraction of sp³-hybridized carbons (Fsp3) is 0.444. The molecule has 0 saturated heterocycles. The van der Waals surface area contributed by atoms with Gasteiger partial charge in [0.15, 0.2) is 5.69 Å². The number of halogens is 3. The van der Waals surface area contributed by atoms with E-state index in [1.807, 2.05) is 0 Å². The molecule has 1 heterocycles. The van der Waals surface area contributed by atoms with Gasteiger partial charge in [-0.1, -0.05) is 0 Å². The number of anilines is 1. The van der Waals surface area contributed by atoms with Crippen LogP contribution in [0.3, 0.4) is 0 Å². The largest absolute Gasteiger partial charge is 0.477 e. The van der Waals surface area contributed by atoms with Gasteiger partial charge < -0.3 is 10.4 Å². The zero-order chi connectivity index (χ0) is 12.7. The van der Waals surface area contributed by atoms with Crippen molar-refractivity contribution in [3.63, 3.8) is 0 Å². The van der Waals surface area contributed by atoms with Crippen LogP contribution in [0.5, 0.6) is 0 Å². The zero-order valence-electron chi connectivity index (χ0n) is 8.45. The minimum absolute atomic E-state index is 0.0584. The Morgan fingerprint density at radius 3 is 2.59 bits per heavy atom. The number of aromatic carboxylic acids is 1. The second kappa shape index (κ2) is 3.57. The van der Waals surface area contributed by atoms with Crippen molar-refractivity contribution in [2.24, 2.45) is 0 Å². The van der Waals surface area contributed by atoms with E-state index in [2.05, 4.69) is 15.3 Å². The molecule has 1 aromatic rings. The summed E-state index contributed by atoms with van der Waals surface area (Å²) in [5.41, 5.74) is -2.34. The highest BCUT2D eigenvalue weighted by atomic mass is 19.4. The molecule has 0 atom stereocenters. The Morgan fingerprint density at radius 1 is 1.47 bits per heavy atom. The Kier molecular flexibility index (Phi) is 2.44. The summed E-state index contributed by atoms with van der Waals surface area (Å²) in [6.07, 6.45) is -3.41. The van der Waals surface area contributed by atoms with Gasteiger partial charge in [-0.15, -0.1) is 0 Å². The first kappa shape index (κ1) is 11.6. The maximum Gasteiger partial charge on any atom is 0.411 e. The van der Waals surface area contributed by atoms with E-state index in [-0.39, 0.29) is 24.5 Å². The summed E-state index contributed by atoms with van der Waals surface area (Å²) in [4.78, 5) is 17.7. The number of nitrogens with one attached hydrogen (secondary N) is 1. The molecular formula is C9H8F3N3O2. The number of carbonyl (C=O) groups is 1. The fourth-order valence-corrected chi connectivity index (χ4v) is 1.36. The predicted molar refractivity (Wildman–Crippen MR) is 50.6 cm³/mol. The molecule has 8 heteroatoms. The average Bonchev–Trinajstić information content (AvgIpc) is 2.98. The number of carboxylic acid groups (broad SMARTS) is 1. The lowest BCUT2D eigenvalue weighted by Gasteiger charge is -2.20. The van der Waals surface area contributed by atoms with E-state index in [0.29, 0.717) is 0 Å². The minimum Gasteiger partial charge on any atom is -0.477 e. The van der Waals surface area contributed by atoms with E-state index in [4.69, 9.17) is 5.11 Å². The van der Waals surface area contributed by atoms with Gasteiger partial charge in [-0.2, -0.15) is 13.2 Å². The van der Waals surface area contributed by atoms with Gasteiger partial charge in [0.25, 0.3) is 0 Å². The van der Waals surface area contributed by atoms with Gasteiger partial charge >= 0.3 is 12.1 Å². The molecule has 1 aliphatic rings. The van der Waals surface area contributed by atoms with Crippen LogP contribution in [0.4, 0.5) is 19.1 Å². The quantitative estimate of drug-likeness (QED) is 0.849. The van der Waals surface area contributed by atoms with Gasteiger partial charge in [-0.25, -0.2) is 14.8 Å². The van der Waals surface area contributed by atoms with Crippen molar-refractivity contribution in [2.45, 2.75) is 24.6 Å². The molecule has 0 aromatic carbocycles. The molecule has 92 valence electrons. The van der Waals surface area contributed by atoms with Crippen LogP contribution in [0, 0.1) is 0 Å². The van der Waals surface area contributed by atoms with Crippen LogP contribution in [0.25, 0.3) is 0 Å². The highest BCUT2D eigenvalue weighted by Gasteiger charge is 2.64. The molecule has 17 heavy (non-hydrogen) atoms. The smallest absolute Gasteiger partial charge is 0.411 e. The number of alkyl halides is 3. The van der Waals surface area contributed by atoms with E-state index in [1.165, 1.54) is 0 Å². The lowest BCUT2D eigenvalue weighted by atomic mass is 10.2. The van der Waals surface area contributed by atoms with Gasteiger partial charge in [-0.3, -0.25) is 0 Å². The summed E-state index contributed by atoms with van der Waals surface area (Å²) in [5, 5.41) is 10.8. The topological polar surface area (TPSA) is 75.1 Å². The lowest BCUT2D eigenvalue weighted by molar-refractivity contribution is -0.151. The Bertz CT molecular complexity index is 457. The predicted octanol–water partition coefficient (Wildman–Crippen LogP) is 1.68. The van der Waals surface area contributed by atoms with Crippen LogP contribution in [-0.4, -0.2) is 32.8 Å². The molecule has 0 aliphatic heterocycles. The highest BCUT2D eigenvalue weighted by Crippen LogP contribution is 2.50. The van der Waals surface area contributed by atoms with Crippen LogP contribution in [0.2, 0.25) is 0 Å². The number of hydrogen-bond donors (Lipinski definition) is 2. The van der Waals surface area contributed by atoms with Crippen molar-refractivity contribution in [3.05, 3.63) is 18.0 Å². The molecule has 0 spiro atoms. The Balaban J connectivity index is 2.20. The fourth-order valence-electron chi connectivity index (χ4n) is 1.36. The van der Waals surface area contributed by atoms with E-state index in [0.717, 1.165) is 12.3 Å². The first-order valence-corrected chi connectivity index (χ1v) is 4.75. The molecular weight excluding hydrogens is 239 g/mol. The molecule has 1 saturated carbocycles. The van der Waals surface area contributed by atoms with Gasteiger partial charge in [0, 0.05) is 6.20 Å². The molecule has 1 fully saturated rings. The molecule has 2 rings (SSSR count). The number of hydrogen-bond acceptors (Lipinski definition) is 4. The molecule has 0 bridgehead atoms. The van der Waals surface area contributed by atoms with E-state index >= 15 is 0 Å². The molecule has 0 unspecified atom stereocenters. The summed E-state index contributed by atoms with van der Waals surface area (Å²) >= 11 is 0. The maximum atomic E-state index is 12.6. The van der Waals surface area contributed by atoms with Crippen LogP contribution in [-0.2, 0) is 0 Å². The van der Waals surface area contributed by atoms with Gasteiger partial charge in [0.05, 0.1) is 0 Å². The van der Waals surface area contributed by atoms with E-state index in [9.17, 15) is 18.0 Å². The molecule has 0 amide bonds. The number of carboxylic acids is 1. The minimum atomic E-state index is -4.39. The van der Waals surface area contributed by atoms with Gasteiger partial charge in [0.1, 0.15) is 5.54 Å². The molecule has 1 aromatic heterocycles. The van der Waals surface area contributed by atoms with Gasteiger partial charge in [-0.05, 0) is 18.9 Å². The highest BCUT2D eigenvalue weighted by molar-refractivity contribution is 5.85. The van der Waals surface area contributed by atoms with Crippen molar-refractivity contribution >= 4 is 11.9 Å². The van der Waals surface area contributed by atoms with E-state index < -0.39 is 17.7 Å².